The molecule has 5 nitrogen and oxygen atoms in total. The Balaban J connectivity index is 1.60. The lowest BCUT2D eigenvalue weighted by Crippen LogP contribution is -1.99. The van der Waals surface area contributed by atoms with E-state index in [0.29, 0.717) is 17.1 Å². The van der Waals surface area contributed by atoms with Crippen molar-refractivity contribution in [1.29, 1.82) is 0 Å². The van der Waals surface area contributed by atoms with Gasteiger partial charge >= 0.3 is 5.97 Å². The minimum Gasteiger partial charge on any atom is -0.497 e. The summed E-state index contributed by atoms with van der Waals surface area (Å²) in [4.78, 5) is 12.2. The van der Waals surface area contributed by atoms with Crippen LogP contribution in [0, 0.1) is 0 Å². The van der Waals surface area contributed by atoms with E-state index in [-0.39, 0.29) is 18.2 Å². The lowest BCUT2D eigenvalue weighted by atomic mass is 9.98. The van der Waals surface area contributed by atoms with E-state index in [9.17, 15) is 9.90 Å². The molecule has 2 atom stereocenters. The van der Waals surface area contributed by atoms with Gasteiger partial charge in [-0.25, -0.2) is 4.79 Å². The average Bonchev–Trinajstić information content (AvgIpc) is 3.03. The number of unbranched alkanes of at least 4 members (excludes halogenated alkanes) is 9. The van der Waals surface area contributed by atoms with Crippen LogP contribution in [0.4, 0.5) is 0 Å². The molecule has 0 aliphatic carbocycles. The molecule has 1 aliphatic rings. The Kier molecular flexibility index (Phi) is 10.3. The van der Waals surface area contributed by atoms with E-state index in [4.69, 9.17) is 14.2 Å². The van der Waals surface area contributed by atoms with Crippen molar-refractivity contribution < 1.29 is 24.1 Å². The Morgan fingerprint density at radius 2 is 1.52 bits per heavy atom. The summed E-state index contributed by atoms with van der Waals surface area (Å²) in [6, 6.07) is 3.63. The molecule has 0 amide bonds. The van der Waals surface area contributed by atoms with Gasteiger partial charge < -0.3 is 19.3 Å². The van der Waals surface area contributed by atoms with Crippen LogP contribution < -0.4 is 9.47 Å². The zero-order valence-corrected chi connectivity index (χ0v) is 18.4. The van der Waals surface area contributed by atoms with Crippen molar-refractivity contribution in [2.45, 2.75) is 96.2 Å². The van der Waals surface area contributed by atoms with Gasteiger partial charge in [-0.3, -0.25) is 0 Å². The van der Waals surface area contributed by atoms with Crippen molar-refractivity contribution in [2.75, 3.05) is 14.2 Å². The number of fused-ring (bicyclic) bond motifs is 1. The molecule has 0 aromatic heterocycles. The van der Waals surface area contributed by atoms with Crippen LogP contribution in [0.3, 0.4) is 0 Å². The summed E-state index contributed by atoms with van der Waals surface area (Å²) >= 11 is 0. The fraction of sp³-hybridized carbons (Fsp3) is 0.708. The van der Waals surface area contributed by atoms with E-state index in [2.05, 4.69) is 0 Å². The maximum absolute atomic E-state index is 12.2. The second-order valence-electron chi connectivity index (χ2n) is 8.15. The zero-order valence-electron chi connectivity index (χ0n) is 18.4. The number of methoxy groups -OCH3 is 2. The Morgan fingerprint density at radius 3 is 2.07 bits per heavy atom. The lowest BCUT2D eigenvalue weighted by molar-refractivity contribution is 0.0361. The first-order chi connectivity index (χ1) is 14.1. The largest absolute Gasteiger partial charge is 0.497 e. The van der Waals surface area contributed by atoms with E-state index in [1.165, 1.54) is 51.4 Å². The van der Waals surface area contributed by atoms with Gasteiger partial charge in [-0.2, -0.15) is 0 Å². The Morgan fingerprint density at radius 1 is 0.931 bits per heavy atom. The van der Waals surface area contributed by atoms with Crippen molar-refractivity contribution in [3.8, 4) is 11.5 Å². The average molecular weight is 407 g/mol. The third kappa shape index (κ3) is 7.54. The van der Waals surface area contributed by atoms with Crippen LogP contribution in [0.15, 0.2) is 12.1 Å². The molecule has 1 aromatic rings. The predicted molar refractivity (Wildman–Crippen MR) is 115 cm³/mol. The molecule has 2 unspecified atom stereocenters. The van der Waals surface area contributed by atoms with Gasteiger partial charge in [0.05, 0.1) is 20.3 Å². The number of carbonyl (C=O) groups excluding carboxylic acids is 1. The number of ether oxygens (including phenoxy) is 3. The SMILES string of the molecule is COc1cc(OC)c2c(c1)C(CCCCCCCCCCCCC(C)O)OC2=O. The van der Waals surface area contributed by atoms with Gasteiger partial charge in [-0.05, 0) is 32.3 Å². The summed E-state index contributed by atoms with van der Waals surface area (Å²) in [5.41, 5.74) is 1.44. The fourth-order valence-electron chi connectivity index (χ4n) is 4.01. The molecular weight excluding hydrogens is 368 g/mol. The van der Waals surface area contributed by atoms with E-state index >= 15 is 0 Å². The van der Waals surface area contributed by atoms with Crippen molar-refractivity contribution in [1.82, 2.24) is 0 Å². The number of esters is 1. The third-order valence-corrected chi connectivity index (χ3v) is 5.70. The van der Waals surface area contributed by atoms with Gasteiger partial charge in [0.15, 0.2) is 0 Å². The first-order valence-corrected chi connectivity index (χ1v) is 11.2. The molecule has 0 radical (unpaired) electrons. The molecule has 0 spiro atoms. The normalized spacial score (nSPS) is 16.4. The molecule has 164 valence electrons. The molecular formula is C24H38O5. The number of hydrogen-bond donors (Lipinski definition) is 1. The van der Waals surface area contributed by atoms with Gasteiger partial charge in [0.2, 0.25) is 0 Å². The van der Waals surface area contributed by atoms with Gasteiger partial charge in [-0.1, -0.05) is 57.8 Å². The molecule has 0 fully saturated rings. The molecule has 29 heavy (non-hydrogen) atoms. The van der Waals surface area contributed by atoms with E-state index < -0.39 is 0 Å². The molecule has 0 saturated heterocycles. The summed E-state index contributed by atoms with van der Waals surface area (Å²) in [6.07, 6.45) is 13.7. The number of hydrogen-bond acceptors (Lipinski definition) is 5. The van der Waals surface area contributed by atoms with Crippen LogP contribution in [-0.2, 0) is 4.74 Å². The van der Waals surface area contributed by atoms with Crippen LogP contribution in [0.1, 0.15) is 106 Å². The van der Waals surface area contributed by atoms with E-state index in [1.54, 1.807) is 20.3 Å². The molecule has 0 saturated carbocycles. The standard InChI is InChI=1S/C24H38O5/c1-18(25)14-12-10-8-6-4-5-7-9-11-13-15-21-20-16-19(27-2)17-22(28-3)23(20)24(26)29-21/h16-18,21,25H,4-15H2,1-3H3. The first kappa shape index (κ1) is 23.5. The lowest BCUT2D eigenvalue weighted by Gasteiger charge is -2.12. The highest BCUT2D eigenvalue weighted by atomic mass is 16.6. The minimum atomic E-state index is -0.294. The van der Waals surface area contributed by atoms with Gasteiger partial charge in [-0.15, -0.1) is 0 Å². The maximum atomic E-state index is 12.2. The molecule has 1 aromatic carbocycles. The molecule has 0 bridgehead atoms. The monoisotopic (exact) mass is 406 g/mol. The Hall–Kier alpha value is -1.75. The molecule has 2 rings (SSSR count). The number of rotatable bonds is 15. The number of cyclic esters (lactones) is 1. The van der Waals surface area contributed by atoms with Gasteiger partial charge in [0, 0.05) is 11.6 Å². The number of benzene rings is 1. The third-order valence-electron chi connectivity index (χ3n) is 5.70. The number of aliphatic hydroxyl groups is 1. The molecule has 1 N–H and O–H groups in total. The van der Waals surface area contributed by atoms with Crippen LogP contribution in [0.25, 0.3) is 0 Å². The summed E-state index contributed by atoms with van der Waals surface area (Å²) < 4.78 is 16.3. The van der Waals surface area contributed by atoms with E-state index in [1.807, 2.05) is 13.0 Å². The molecule has 1 heterocycles. The molecule has 1 aliphatic heterocycles. The van der Waals surface area contributed by atoms with Crippen molar-refractivity contribution in [3.05, 3.63) is 23.3 Å². The van der Waals surface area contributed by atoms with Gasteiger partial charge in [0.25, 0.3) is 0 Å². The van der Waals surface area contributed by atoms with Gasteiger partial charge in [0.1, 0.15) is 23.2 Å². The quantitative estimate of drug-likeness (QED) is 0.287. The highest BCUT2D eigenvalue weighted by molar-refractivity contribution is 5.97. The Labute approximate surface area is 175 Å². The molecule has 5 heteroatoms. The summed E-state index contributed by atoms with van der Waals surface area (Å²) in [6.45, 7) is 1.86. The highest BCUT2D eigenvalue weighted by Crippen LogP contribution is 2.41. The predicted octanol–water partition coefficient (Wildman–Crippen LogP) is 5.98. The second kappa shape index (κ2) is 12.7. The maximum Gasteiger partial charge on any atom is 0.342 e. The Bertz CT molecular complexity index is 626. The second-order valence-corrected chi connectivity index (χ2v) is 8.15. The summed E-state index contributed by atoms with van der Waals surface area (Å²) in [5.74, 6) is 0.922. The topological polar surface area (TPSA) is 65.0 Å². The van der Waals surface area contributed by atoms with Crippen LogP contribution >= 0.6 is 0 Å². The van der Waals surface area contributed by atoms with Crippen LogP contribution in [0.2, 0.25) is 0 Å². The number of carbonyl (C=O) groups is 1. The zero-order chi connectivity index (χ0) is 21.1. The van der Waals surface area contributed by atoms with Crippen LogP contribution in [0.5, 0.6) is 11.5 Å². The van der Waals surface area contributed by atoms with Crippen molar-refractivity contribution >= 4 is 5.97 Å². The minimum absolute atomic E-state index is 0.153. The number of aliphatic hydroxyl groups excluding tert-OH is 1. The highest BCUT2D eigenvalue weighted by Gasteiger charge is 2.34. The van der Waals surface area contributed by atoms with Crippen molar-refractivity contribution in [3.63, 3.8) is 0 Å². The van der Waals surface area contributed by atoms with Crippen LogP contribution in [-0.4, -0.2) is 31.4 Å². The first-order valence-electron chi connectivity index (χ1n) is 11.2. The smallest absolute Gasteiger partial charge is 0.342 e. The summed E-state index contributed by atoms with van der Waals surface area (Å²) in [7, 11) is 3.18. The fourth-order valence-corrected chi connectivity index (χ4v) is 4.01. The van der Waals surface area contributed by atoms with E-state index in [0.717, 1.165) is 31.2 Å². The van der Waals surface area contributed by atoms with Crippen molar-refractivity contribution in [2.24, 2.45) is 0 Å². The summed E-state index contributed by atoms with van der Waals surface area (Å²) in [5, 5.41) is 9.24.